The van der Waals surface area contributed by atoms with E-state index in [-0.39, 0.29) is 5.25 Å². The molecule has 1 N–H and O–H groups in total. The van der Waals surface area contributed by atoms with Crippen LogP contribution in [-0.2, 0) is 9.73 Å². The second kappa shape index (κ2) is 3.75. The molecule has 0 amide bonds. The number of rotatable bonds is 2. The topological polar surface area (TPSA) is 44.2 Å². The predicted molar refractivity (Wildman–Crippen MR) is 51.9 cm³/mol. The van der Waals surface area contributed by atoms with Crippen LogP contribution in [0.1, 0.15) is 19.8 Å². The van der Waals surface area contributed by atoms with Crippen LogP contribution in [0.25, 0.3) is 0 Å². The molecular weight excluding hydrogens is 172 g/mol. The van der Waals surface area contributed by atoms with E-state index in [4.69, 9.17) is 4.78 Å². The summed E-state index contributed by atoms with van der Waals surface area (Å²) < 4.78 is 18.8. The molecule has 12 heavy (non-hydrogen) atoms. The Morgan fingerprint density at radius 2 is 2.00 bits per heavy atom. The Morgan fingerprint density at radius 1 is 1.50 bits per heavy atom. The van der Waals surface area contributed by atoms with E-state index in [2.05, 4.69) is 11.8 Å². The zero-order valence-electron chi connectivity index (χ0n) is 7.88. The molecule has 0 aliphatic carbocycles. The van der Waals surface area contributed by atoms with Crippen molar-refractivity contribution >= 4 is 9.73 Å². The second-order valence-electron chi connectivity index (χ2n) is 3.54. The Morgan fingerprint density at radius 3 is 2.33 bits per heavy atom. The van der Waals surface area contributed by atoms with Crippen LogP contribution in [0.5, 0.6) is 0 Å². The van der Waals surface area contributed by atoms with Gasteiger partial charge in [-0.3, -0.25) is 4.78 Å². The maximum absolute atomic E-state index is 11.4. The van der Waals surface area contributed by atoms with Gasteiger partial charge < -0.3 is 4.90 Å². The van der Waals surface area contributed by atoms with E-state index in [1.165, 1.54) is 0 Å². The first kappa shape index (κ1) is 9.99. The van der Waals surface area contributed by atoms with Crippen LogP contribution in [0.4, 0.5) is 0 Å². The summed E-state index contributed by atoms with van der Waals surface area (Å²) in [5.41, 5.74) is 0. The van der Waals surface area contributed by atoms with E-state index in [1.54, 1.807) is 6.26 Å². The first-order valence-corrected chi connectivity index (χ1v) is 6.52. The summed E-state index contributed by atoms with van der Waals surface area (Å²) in [4.78, 5) is 2.35. The third kappa shape index (κ3) is 2.45. The van der Waals surface area contributed by atoms with E-state index in [1.807, 2.05) is 0 Å². The molecule has 1 heterocycles. The lowest BCUT2D eigenvalue weighted by Crippen LogP contribution is -2.38. The highest BCUT2D eigenvalue weighted by Crippen LogP contribution is 2.16. The van der Waals surface area contributed by atoms with Gasteiger partial charge in [-0.2, -0.15) is 0 Å². The lowest BCUT2D eigenvalue weighted by Gasteiger charge is -2.30. The third-order valence-corrected chi connectivity index (χ3v) is 4.36. The van der Waals surface area contributed by atoms with Crippen molar-refractivity contribution in [2.24, 2.45) is 0 Å². The largest absolute Gasteiger partial charge is 0.304 e. The van der Waals surface area contributed by atoms with Crippen molar-refractivity contribution < 1.29 is 4.21 Å². The normalized spacial score (nSPS) is 26.8. The van der Waals surface area contributed by atoms with Gasteiger partial charge in [-0.05, 0) is 32.5 Å². The van der Waals surface area contributed by atoms with Crippen LogP contribution >= 0.6 is 0 Å². The van der Waals surface area contributed by atoms with Gasteiger partial charge in [0.2, 0.25) is 0 Å². The molecule has 0 saturated carbocycles. The molecule has 0 aromatic rings. The molecule has 0 aromatic carbocycles. The van der Waals surface area contributed by atoms with Gasteiger partial charge in [-0.1, -0.05) is 6.92 Å². The Kier molecular flexibility index (Phi) is 3.12. The molecule has 3 nitrogen and oxygen atoms in total. The molecule has 1 rings (SSSR count). The lowest BCUT2D eigenvalue weighted by atomic mass is 10.1. The number of nitrogens with one attached hydrogen (secondary N) is 1. The Labute approximate surface area is 75.1 Å². The molecule has 1 atom stereocenters. The van der Waals surface area contributed by atoms with Crippen LogP contribution in [0, 0.1) is 4.78 Å². The monoisotopic (exact) mass is 190 g/mol. The van der Waals surface area contributed by atoms with Crippen molar-refractivity contribution in [2.75, 3.05) is 25.9 Å². The quantitative estimate of drug-likeness (QED) is 0.710. The Hall–Kier alpha value is -0.0900. The lowest BCUT2D eigenvalue weighted by molar-refractivity contribution is 0.242. The minimum Gasteiger partial charge on any atom is -0.304 e. The van der Waals surface area contributed by atoms with Crippen molar-refractivity contribution in [3.63, 3.8) is 0 Å². The van der Waals surface area contributed by atoms with E-state index >= 15 is 0 Å². The molecule has 0 bridgehead atoms. The zero-order valence-corrected chi connectivity index (χ0v) is 8.69. The molecule has 1 unspecified atom stereocenters. The van der Waals surface area contributed by atoms with Crippen LogP contribution in [0.3, 0.4) is 0 Å². The van der Waals surface area contributed by atoms with Crippen LogP contribution in [-0.4, -0.2) is 40.2 Å². The summed E-state index contributed by atoms with van der Waals surface area (Å²) in [6, 6.07) is 0. The number of piperidine rings is 1. The van der Waals surface area contributed by atoms with Gasteiger partial charge in [0.1, 0.15) is 0 Å². The van der Waals surface area contributed by atoms with E-state index in [9.17, 15) is 4.21 Å². The molecule has 4 heteroatoms. The van der Waals surface area contributed by atoms with Crippen molar-refractivity contribution in [3.8, 4) is 0 Å². The highest BCUT2D eigenvalue weighted by atomic mass is 32.2. The predicted octanol–water partition coefficient (Wildman–Crippen LogP) is 1.15. The van der Waals surface area contributed by atoms with Gasteiger partial charge in [-0.15, -0.1) is 0 Å². The molecule has 0 radical (unpaired) electrons. The summed E-state index contributed by atoms with van der Waals surface area (Å²) in [6.07, 6.45) is 3.44. The summed E-state index contributed by atoms with van der Waals surface area (Å²) >= 11 is 0. The average molecular weight is 190 g/mol. The minimum absolute atomic E-state index is 0.139. The SMILES string of the molecule is CCN1CCC(S(C)(=N)=O)CC1. The highest BCUT2D eigenvalue weighted by Gasteiger charge is 2.23. The molecule has 1 saturated heterocycles. The Bertz CT molecular complexity index is 227. The molecule has 0 spiro atoms. The van der Waals surface area contributed by atoms with Gasteiger partial charge in [0.25, 0.3) is 0 Å². The summed E-state index contributed by atoms with van der Waals surface area (Å²) in [6.45, 7) is 5.26. The molecule has 72 valence electrons. The maximum Gasteiger partial charge on any atom is 0.0449 e. The summed E-state index contributed by atoms with van der Waals surface area (Å²) in [5, 5.41) is 0.139. The van der Waals surface area contributed by atoms with E-state index < -0.39 is 9.73 Å². The van der Waals surface area contributed by atoms with Crippen LogP contribution in [0.2, 0.25) is 0 Å². The number of hydrogen-bond acceptors (Lipinski definition) is 3. The standard InChI is InChI=1S/C8H18N2OS/c1-3-10-6-4-8(5-7-10)12(2,9)11/h8-9H,3-7H2,1-2H3. The fraction of sp³-hybridized carbons (Fsp3) is 1.00. The zero-order chi connectivity index (χ0) is 9.19. The van der Waals surface area contributed by atoms with Crippen molar-refractivity contribution in [2.45, 2.75) is 25.0 Å². The molecule has 1 aliphatic heterocycles. The smallest absolute Gasteiger partial charge is 0.0449 e. The first-order chi connectivity index (χ1) is 5.54. The second-order valence-corrected chi connectivity index (χ2v) is 6.01. The number of nitrogens with zero attached hydrogens (tertiary/aromatic N) is 1. The number of hydrogen-bond donors (Lipinski definition) is 1. The summed E-state index contributed by atoms with van der Waals surface area (Å²) in [7, 11) is -2.28. The molecule has 0 aromatic heterocycles. The fourth-order valence-corrected chi connectivity index (χ4v) is 2.79. The fourth-order valence-electron chi connectivity index (χ4n) is 1.68. The molecular formula is C8H18N2OS. The number of likely N-dealkylation sites (tertiary alicyclic amines) is 1. The molecule has 1 fully saturated rings. The highest BCUT2D eigenvalue weighted by molar-refractivity contribution is 7.92. The first-order valence-electron chi connectivity index (χ1n) is 4.49. The third-order valence-electron chi connectivity index (χ3n) is 2.62. The molecule has 1 aliphatic rings. The van der Waals surface area contributed by atoms with Crippen molar-refractivity contribution in [3.05, 3.63) is 0 Å². The maximum atomic E-state index is 11.4. The van der Waals surface area contributed by atoms with Crippen LogP contribution < -0.4 is 0 Å². The van der Waals surface area contributed by atoms with Gasteiger partial charge in [-0.25, -0.2) is 4.21 Å². The van der Waals surface area contributed by atoms with Crippen molar-refractivity contribution in [1.29, 1.82) is 4.78 Å². The van der Waals surface area contributed by atoms with Gasteiger partial charge in [0, 0.05) is 21.2 Å². The average Bonchev–Trinajstić information content (AvgIpc) is 2.03. The van der Waals surface area contributed by atoms with Gasteiger partial charge in [0.05, 0.1) is 0 Å². The van der Waals surface area contributed by atoms with Crippen LogP contribution in [0.15, 0.2) is 0 Å². The minimum atomic E-state index is -2.28. The van der Waals surface area contributed by atoms with Gasteiger partial charge >= 0.3 is 0 Å². The van der Waals surface area contributed by atoms with E-state index in [0.717, 1.165) is 32.5 Å². The van der Waals surface area contributed by atoms with E-state index in [0.29, 0.717) is 0 Å². The van der Waals surface area contributed by atoms with Gasteiger partial charge in [0.15, 0.2) is 0 Å². The summed E-state index contributed by atoms with van der Waals surface area (Å²) in [5.74, 6) is 0. The Balaban J connectivity index is 2.47. The van der Waals surface area contributed by atoms with Crippen molar-refractivity contribution in [1.82, 2.24) is 4.90 Å².